The Morgan fingerprint density at radius 1 is 1.09 bits per heavy atom. The smallest absolute Gasteiger partial charge is 0.256 e. The molecule has 0 aromatic rings. The number of halogens is 2. The minimum Gasteiger partial charge on any atom is -0.391 e. The van der Waals surface area contributed by atoms with Gasteiger partial charge in [0.15, 0.2) is 4.84 Å². The molecule has 132 valence electrons. The van der Waals surface area contributed by atoms with Crippen LogP contribution < -0.4 is 5.73 Å². The van der Waals surface area contributed by atoms with Crippen LogP contribution in [0.4, 0.5) is 0 Å². The van der Waals surface area contributed by atoms with Crippen molar-refractivity contribution in [3.8, 4) is 0 Å². The normalized spacial score (nSPS) is 12.6. The van der Waals surface area contributed by atoms with E-state index in [4.69, 9.17) is 28.9 Å². The lowest BCUT2D eigenvalue weighted by molar-refractivity contribution is -0.130. The van der Waals surface area contributed by atoms with E-state index in [9.17, 15) is 9.90 Å². The Morgan fingerprint density at radius 2 is 1.64 bits per heavy atom. The van der Waals surface area contributed by atoms with Gasteiger partial charge in [0, 0.05) is 19.6 Å². The number of alkyl halides is 2. The van der Waals surface area contributed by atoms with Crippen molar-refractivity contribution in [3.63, 3.8) is 0 Å². The molecule has 1 amide bonds. The van der Waals surface area contributed by atoms with E-state index in [0.29, 0.717) is 19.5 Å². The van der Waals surface area contributed by atoms with Crippen molar-refractivity contribution in [3.05, 3.63) is 0 Å². The lowest BCUT2D eigenvalue weighted by atomic mass is 10.1. The summed E-state index contributed by atoms with van der Waals surface area (Å²) in [6.07, 6.45) is 9.98. The SMILES string of the molecule is CCCCCCCCCCC(O)CN(CCN)C(=O)C(Cl)Cl. The second-order valence-corrected chi connectivity index (χ2v) is 6.89. The zero-order chi connectivity index (χ0) is 16.8. The van der Waals surface area contributed by atoms with Crippen LogP contribution in [0.3, 0.4) is 0 Å². The van der Waals surface area contributed by atoms with Gasteiger partial charge < -0.3 is 15.7 Å². The standard InChI is InChI=1S/C16H32Cl2N2O2/c1-2-3-4-5-6-7-8-9-10-14(21)13-20(12-11-19)16(22)15(17)18/h14-15,21H,2-13,19H2,1H3. The first-order valence-corrected chi connectivity index (χ1v) is 9.35. The molecule has 6 heteroatoms. The molecule has 0 aromatic heterocycles. The Hall–Kier alpha value is -0.0300. The average Bonchev–Trinajstić information content (AvgIpc) is 2.48. The molecule has 3 N–H and O–H groups in total. The van der Waals surface area contributed by atoms with E-state index in [1.165, 1.54) is 43.4 Å². The quantitative estimate of drug-likeness (QED) is 0.370. The van der Waals surface area contributed by atoms with E-state index >= 15 is 0 Å². The highest BCUT2D eigenvalue weighted by Crippen LogP contribution is 2.12. The number of carbonyl (C=O) groups is 1. The molecular weight excluding hydrogens is 323 g/mol. The lowest BCUT2D eigenvalue weighted by Crippen LogP contribution is -2.43. The molecule has 0 bridgehead atoms. The van der Waals surface area contributed by atoms with Crippen LogP contribution in [0.5, 0.6) is 0 Å². The number of carbonyl (C=O) groups excluding carboxylic acids is 1. The van der Waals surface area contributed by atoms with Crippen LogP contribution in [0.25, 0.3) is 0 Å². The molecular formula is C16H32Cl2N2O2. The van der Waals surface area contributed by atoms with Gasteiger partial charge in [-0.3, -0.25) is 4.79 Å². The van der Waals surface area contributed by atoms with E-state index in [1.54, 1.807) is 0 Å². The van der Waals surface area contributed by atoms with E-state index < -0.39 is 10.9 Å². The van der Waals surface area contributed by atoms with Crippen LogP contribution >= 0.6 is 23.2 Å². The van der Waals surface area contributed by atoms with Crippen LogP contribution in [0.2, 0.25) is 0 Å². The van der Waals surface area contributed by atoms with Crippen LogP contribution in [-0.2, 0) is 4.79 Å². The van der Waals surface area contributed by atoms with Crippen LogP contribution in [0.1, 0.15) is 64.7 Å². The van der Waals surface area contributed by atoms with E-state index in [1.807, 2.05) is 0 Å². The van der Waals surface area contributed by atoms with Crippen molar-refractivity contribution in [2.45, 2.75) is 75.7 Å². The Bertz CT molecular complexity index is 279. The zero-order valence-corrected chi connectivity index (χ0v) is 15.3. The first-order valence-electron chi connectivity index (χ1n) is 8.48. The summed E-state index contributed by atoms with van der Waals surface area (Å²) in [5.41, 5.74) is 5.47. The average molecular weight is 355 g/mol. The molecule has 0 saturated heterocycles. The Balaban J connectivity index is 3.77. The van der Waals surface area contributed by atoms with Gasteiger partial charge >= 0.3 is 0 Å². The van der Waals surface area contributed by atoms with Gasteiger partial charge in [-0.2, -0.15) is 0 Å². The Kier molecular flexibility index (Phi) is 14.5. The van der Waals surface area contributed by atoms with E-state index in [2.05, 4.69) is 6.92 Å². The molecule has 0 spiro atoms. The minimum absolute atomic E-state index is 0.252. The van der Waals surface area contributed by atoms with Crippen molar-refractivity contribution in [1.29, 1.82) is 0 Å². The third-order valence-corrected chi connectivity index (χ3v) is 4.09. The first-order chi connectivity index (χ1) is 10.5. The number of aliphatic hydroxyl groups excluding tert-OH is 1. The van der Waals surface area contributed by atoms with Crippen LogP contribution in [0, 0.1) is 0 Å². The van der Waals surface area contributed by atoms with Gasteiger partial charge in [0.25, 0.3) is 5.91 Å². The second kappa shape index (κ2) is 14.6. The molecule has 0 heterocycles. The van der Waals surface area contributed by atoms with Gasteiger partial charge in [-0.25, -0.2) is 0 Å². The number of rotatable bonds is 14. The number of aliphatic hydroxyl groups is 1. The van der Waals surface area contributed by atoms with Crippen molar-refractivity contribution < 1.29 is 9.90 Å². The third kappa shape index (κ3) is 11.5. The van der Waals surface area contributed by atoms with E-state index in [0.717, 1.165) is 12.8 Å². The summed E-state index contributed by atoms with van der Waals surface area (Å²) in [6.45, 7) is 3.17. The lowest BCUT2D eigenvalue weighted by Gasteiger charge is -2.25. The van der Waals surface area contributed by atoms with Crippen LogP contribution in [-0.4, -0.2) is 46.5 Å². The summed E-state index contributed by atoms with van der Waals surface area (Å²) < 4.78 is 0. The third-order valence-electron chi connectivity index (χ3n) is 3.72. The van der Waals surface area contributed by atoms with Gasteiger partial charge in [-0.1, -0.05) is 81.5 Å². The van der Waals surface area contributed by atoms with Crippen molar-refractivity contribution >= 4 is 29.1 Å². The molecule has 0 aromatic carbocycles. The predicted octanol–water partition coefficient (Wildman–Crippen LogP) is 3.47. The molecule has 22 heavy (non-hydrogen) atoms. The van der Waals surface area contributed by atoms with Crippen LogP contribution in [0.15, 0.2) is 0 Å². The Morgan fingerprint density at radius 3 is 2.14 bits per heavy atom. The summed E-state index contributed by atoms with van der Waals surface area (Å²) in [5.74, 6) is -0.385. The molecule has 0 radical (unpaired) electrons. The highest BCUT2D eigenvalue weighted by atomic mass is 35.5. The molecule has 0 aliphatic carbocycles. The largest absolute Gasteiger partial charge is 0.391 e. The maximum absolute atomic E-state index is 11.8. The molecule has 0 aliphatic heterocycles. The molecule has 0 fully saturated rings. The molecule has 1 atom stereocenters. The number of hydrogen-bond acceptors (Lipinski definition) is 3. The van der Waals surface area contributed by atoms with Gasteiger partial charge in [-0.05, 0) is 6.42 Å². The maximum Gasteiger partial charge on any atom is 0.256 e. The summed E-state index contributed by atoms with van der Waals surface area (Å²) >= 11 is 11.2. The fourth-order valence-electron chi connectivity index (χ4n) is 2.44. The maximum atomic E-state index is 11.8. The monoisotopic (exact) mass is 354 g/mol. The predicted molar refractivity (Wildman–Crippen MR) is 94.4 cm³/mol. The first kappa shape index (κ1) is 22.0. The summed E-state index contributed by atoms with van der Waals surface area (Å²) in [4.78, 5) is 12.1. The topological polar surface area (TPSA) is 66.6 Å². The van der Waals surface area contributed by atoms with Crippen molar-refractivity contribution in [2.75, 3.05) is 19.6 Å². The van der Waals surface area contributed by atoms with Gasteiger partial charge in [0.05, 0.1) is 6.10 Å². The molecule has 4 nitrogen and oxygen atoms in total. The summed E-state index contributed by atoms with van der Waals surface area (Å²) in [7, 11) is 0. The van der Waals surface area contributed by atoms with Gasteiger partial charge in [-0.15, -0.1) is 0 Å². The molecule has 0 saturated carbocycles. The summed E-state index contributed by atoms with van der Waals surface area (Å²) in [5, 5.41) is 10.0. The van der Waals surface area contributed by atoms with Gasteiger partial charge in [0.2, 0.25) is 0 Å². The number of nitrogens with zero attached hydrogens (tertiary/aromatic N) is 1. The highest BCUT2D eigenvalue weighted by molar-refractivity contribution is 6.53. The molecule has 0 rings (SSSR count). The van der Waals surface area contributed by atoms with E-state index in [-0.39, 0.29) is 12.5 Å². The van der Waals surface area contributed by atoms with Crippen molar-refractivity contribution in [1.82, 2.24) is 4.90 Å². The molecule has 1 unspecified atom stereocenters. The number of amides is 1. The fourth-order valence-corrected chi connectivity index (χ4v) is 2.72. The van der Waals surface area contributed by atoms with Gasteiger partial charge in [0.1, 0.15) is 0 Å². The fraction of sp³-hybridized carbons (Fsp3) is 0.938. The summed E-state index contributed by atoms with van der Waals surface area (Å²) in [6, 6.07) is 0. The number of unbranched alkanes of at least 4 members (excludes halogenated alkanes) is 7. The zero-order valence-electron chi connectivity index (χ0n) is 13.8. The highest BCUT2D eigenvalue weighted by Gasteiger charge is 2.21. The second-order valence-electron chi connectivity index (χ2n) is 5.79. The molecule has 0 aliphatic rings. The number of nitrogens with two attached hydrogens (primary N) is 1. The number of hydrogen-bond donors (Lipinski definition) is 2. The minimum atomic E-state index is -1.10. The van der Waals surface area contributed by atoms with Crippen molar-refractivity contribution in [2.24, 2.45) is 5.73 Å². The Labute approximate surface area is 145 Å².